The summed E-state index contributed by atoms with van der Waals surface area (Å²) in [7, 11) is 1.22. The molecule has 0 spiro atoms. The van der Waals surface area contributed by atoms with Gasteiger partial charge in [0.1, 0.15) is 17.2 Å². The number of methoxy groups -OCH3 is 1. The summed E-state index contributed by atoms with van der Waals surface area (Å²) >= 11 is 0. The van der Waals surface area contributed by atoms with Gasteiger partial charge in [-0.05, 0) is 38.1 Å². The Balaban J connectivity index is 1.73. The third kappa shape index (κ3) is 5.34. The molecule has 3 rings (SSSR count). The molecular formula is C22H22N2O8. The zero-order chi connectivity index (χ0) is 23.3. The monoisotopic (exact) mass is 442 g/mol. The largest absolute Gasteiger partial charge is 0.481 e. The number of furan rings is 1. The van der Waals surface area contributed by atoms with Crippen molar-refractivity contribution in [1.29, 1.82) is 0 Å². The van der Waals surface area contributed by atoms with E-state index in [9.17, 15) is 19.2 Å². The molecule has 32 heavy (non-hydrogen) atoms. The first-order chi connectivity index (χ1) is 15.3. The first kappa shape index (κ1) is 22.6. The van der Waals surface area contributed by atoms with E-state index in [-0.39, 0.29) is 36.5 Å². The maximum Gasteiger partial charge on any atom is 0.373 e. The van der Waals surface area contributed by atoms with Gasteiger partial charge in [0.25, 0.3) is 5.91 Å². The Hall–Kier alpha value is -4.08. The van der Waals surface area contributed by atoms with E-state index < -0.39 is 23.9 Å². The van der Waals surface area contributed by atoms with Crippen molar-refractivity contribution in [1.82, 2.24) is 10.2 Å². The molecule has 1 N–H and O–H groups in total. The van der Waals surface area contributed by atoms with Crippen LogP contribution in [-0.4, -0.2) is 48.6 Å². The predicted molar refractivity (Wildman–Crippen MR) is 110 cm³/mol. The molecule has 0 unspecified atom stereocenters. The van der Waals surface area contributed by atoms with Gasteiger partial charge in [-0.25, -0.2) is 14.4 Å². The van der Waals surface area contributed by atoms with Crippen LogP contribution in [0, 0.1) is 0 Å². The number of amides is 3. The van der Waals surface area contributed by atoms with E-state index in [1.807, 2.05) is 0 Å². The molecule has 1 aliphatic rings. The molecule has 2 aromatic rings. The summed E-state index contributed by atoms with van der Waals surface area (Å²) in [5.41, 5.74) is 0.511. The maximum atomic E-state index is 12.7. The van der Waals surface area contributed by atoms with E-state index in [0.717, 1.165) is 4.90 Å². The molecule has 0 bridgehead atoms. The minimum absolute atomic E-state index is 0.0237. The summed E-state index contributed by atoms with van der Waals surface area (Å²) < 4.78 is 20.4. The van der Waals surface area contributed by atoms with Gasteiger partial charge in [-0.15, -0.1) is 0 Å². The number of nitrogens with zero attached hydrogens (tertiary/aromatic N) is 1. The SMILES string of the molecule is COC(=O)c1ccc(CN2C(=O)N/C(=C\c3ccccc3OCC(=O)OC(C)C)C2=O)o1. The molecule has 1 aliphatic heterocycles. The highest BCUT2D eigenvalue weighted by molar-refractivity contribution is 6.14. The zero-order valence-corrected chi connectivity index (χ0v) is 17.7. The zero-order valence-electron chi connectivity index (χ0n) is 17.7. The molecule has 1 aromatic carbocycles. The lowest BCUT2D eigenvalue weighted by Gasteiger charge is -2.11. The number of carbonyl (C=O) groups is 4. The van der Waals surface area contributed by atoms with Crippen LogP contribution in [0.1, 0.15) is 35.7 Å². The number of nitrogens with one attached hydrogen (secondary N) is 1. The molecule has 2 heterocycles. The number of hydrogen-bond donors (Lipinski definition) is 1. The van der Waals surface area contributed by atoms with Gasteiger partial charge in [-0.3, -0.25) is 9.69 Å². The van der Waals surface area contributed by atoms with Crippen molar-refractivity contribution in [3.8, 4) is 5.75 Å². The van der Waals surface area contributed by atoms with Crippen molar-refractivity contribution in [3.05, 3.63) is 59.2 Å². The number of benzene rings is 1. The first-order valence-corrected chi connectivity index (χ1v) is 9.71. The third-order valence-electron chi connectivity index (χ3n) is 4.26. The standard InChI is InChI=1S/C22H22N2O8/c1-13(2)31-19(25)12-30-17-7-5-4-6-14(17)10-16-20(26)24(22(28)23-16)11-15-8-9-18(32-15)21(27)29-3/h4-10,13H,11-12H2,1-3H3,(H,23,28)/b16-10-. The number of ether oxygens (including phenoxy) is 3. The van der Waals surface area contributed by atoms with E-state index in [1.165, 1.54) is 25.3 Å². The quantitative estimate of drug-likeness (QED) is 0.376. The number of rotatable bonds is 8. The second-order valence-corrected chi connectivity index (χ2v) is 7.00. The Bertz CT molecular complexity index is 1070. The Labute approximate surface area is 183 Å². The summed E-state index contributed by atoms with van der Waals surface area (Å²) in [6.07, 6.45) is 1.18. The van der Waals surface area contributed by atoms with E-state index in [0.29, 0.717) is 11.3 Å². The van der Waals surface area contributed by atoms with E-state index in [4.69, 9.17) is 13.9 Å². The summed E-state index contributed by atoms with van der Waals surface area (Å²) in [5.74, 6) is -1.23. The van der Waals surface area contributed by atoms with Gasteiger partial charge in [0.05, 0.1) is 19.8 Å². The molecule has 0 saturated carbocycles. The van der Waals surface area contributed by atoms with Gasteiger partial charge in [0.2, 0.25) is 5.76 Å². The highest BCUT2D eigenvalue weighted by Gasteiger charge is 2.34. The summed E-state index contributed by atoms with van der Waals surface area (Å²) in [6.45, 7) is 2.99. The number of carbonyl (C=O) groups excluding carboxylic acids is 4. The fraction of sp³-hybridized carbons (Fsp3) is 0.273. The number of para-hydroxylation sites is 1. The number of hydrogen-bond acceptors (Lipinski definition) is 8. The van der Waals surface area contributed by atoms with Crippen LogP contribution in [0.25, 0.3) is 6.08 Å². The fourth-order valence-electron chi connectivity index (χ4n) is 2.86. The van der Waals surface area contributed by atoms with Crippen molar-refractivity contribution in [2.45, 2.75) is 26.5 Å². The van der Waals surface area contributed by atoms with Crippen LogP contribution >= 0.6 is 0 Å². The highest BCUT2D eigenvalue weighted by atomic mass is 16.6. The molecular weight excluding hydrogens is 420 g/mol. The average molecular weight is 442 g/mol. The van der Waals surface area contributed by atoms with Crippen LogP contribution in [0.5, 0.6) is 5.75 Å². The lowest BCUT2D eigenvalue weighted by Crippen LogP contribution is -2.30. The van der Waals surface area contributed by atoms with Crippen molar-refractivity contribution in [2.24, 2.45) is 0 Å². The Kier molecular flexibility index (Phi) is 6.93. The number of esters is 2. The normalized spacial score (nSPS) is 14.6. The summed E-state index contributed by atoms with van der Waals surface area (Å²) in [6, 6.07) is 8.97. The van der Waals surface area contributed by atoms with Crippen LogP contribution in [0.4, 0.5) is 4.79 Å². The molecule has 10 heteroatoms. The van der Waals surface area contributed by atoms with E-state index in [2.05, 4.69) is 10.1 Å². The van der Waals surface area contributed by atoms with Crippen LogP contribution in [0.15, 0.2) is 46.5 Å². The average Bonchev–Trinajstić information content (AvgIpc) is 3.32. The third-order valence-corrected chi connectivity index (χ3v) is 4.26. The van der Waals surface area contributed by atoms with Gasteiger partial charge >= 0.3 is 18.0 Å². The van der Waals surface area contributed by atoms with Crippen LogP contribution in [0.3, 0.4) is 0 Å². The maximum absolute atomic E-state index is 12.7. The number of imide groups is 1. The van der Waals surface area contributed by atoms with Gasteiger partial charge in [0, 0.05) is 5.56 Å². The van der Waals surface area contributed by atoms with Crippen molar-refractivity contribution in [2.75, 3.05) is 13.7 Å². The lowest BCUT2D eigenvalue weighted by molar-refractivity contribution is -0.149. The first-order valence-electron chi connectivity index (χ1n) is 9.71. The molecule has 1 fully saturated rings. The van der Waals surface area contributed by atoms with Crippen LogP contribution in [0.2, 0.25) is 0 Å². The molecule has 0 aliphatic carbocycles. The molecule has 3 amide bonds. The van der Waals surface area contributed by atoms with Crippen molar-refractivity contribution < 1.29 is 37.8 Å². The van der Waals surface area contributed by atoms with Gasteiger partial charge in [-0.2, -0.15) is 0 Å². The summed E-state index contributed by atoms with van der Waals surface area (Å²) in [4.78, 5) is 49.2. The molecule has 10 nitrogen and oxygen atoms in total. The Morgan fingerprint density at radius 3 is 2.62 bits per heavy atom. The smallest absolute Gasteiger partial charge is 0.373 e. The topological polar surface area (TPSA) is 124 Å². The molecule has 1 aromatic heterocycles. The molecule has 0 atom stereocenters. The van der Waals surface area contributed by atoms with Crippen LogP contribution < -0.4 is 10.1 Å². The van der Waals surface area contributed by atoms with Gasteiger partial charge < -0.3 is 23.9 Å². The second kappa shape index (κ2) is 9.82. The van der Waals surface area contributed by atoms with Crippen LogP contribution in [-0.2, 0) is 25.6 Å². The van der Waals surface area contributed by atoms with Crippen molar-refractivity contribution in [3.63, 3.8) is 0 Å². The molecule has 1 saturated heterocycles. The molecule has 0 radical (unpaired) electrons. The van der Waals surface area contributed by atoms with Gasteiger partial charge in [0.15, 0.2) is 6.61 Å². The highest BCUT2D eigenvalue weighted by Crippen LogP contribution is 2.24. The van der Waals surface area contributed by atoms with E-state index >= 15 is 0 Å². The van der Waals surface area contributed by atoms with E-state index in [1.54, 1.807) is 38.1 Å². The van der Waals surface area contributed by atoms with Crippen molar-refractivity contribution >= 4 is 30.0 Å². The Morgan fingerprint density at radius 2 is 1.91 bits per heavy atom. The minimum Gasteiger partial charge on any atom is -0.481 e. The second-order valence-electron chi connectivity index (χ2n) is 7.00. The summed E-state index contributed by atoms with van der Waals surface area (Å²) in [5, 5.41) is 2.50. The minimum atomic E-state index is -0.664. The number of urea groups is 1. The molecule has 168 valence electrons. The lowest BCUT2D eigenvalue weighted by atomic mass is 10.1. The van der Waals surface area contributed by atoms with Gasteiger partial charge in [-0.1, -0.05) is 18.2 Å². The Morgan fingerprint density at radius 1 is 1.16 bits per heavy atom. The predicted octanol–water partition coefficient (Wildman–Crippen LogP) is 2.49. The fourth-order valence-corrected chi connectivity index (χ4v) is 2.86.